The standard InChI is InChI=1S/C13H10Cl2N6/c1-8-2-3-10(9(14)6-8)17-12-18-11(15)19-13(20-12)21-5-4-16-7-21/h2-7H,1H3,(H,17,18,19,20). The van der Waals surface area contributed by atoms with Gasteiger partial charge in [-0.3, -0.25) is 4.57 Å². The quantitative estimate of drug-likeness (QED) is 0.800. The summed E-state index contributed by atoms with van der Waals surface area (Å²) in [6.45, 7) is 1.96. The van der Waals surface area contributed by atoms with Gasteiger partial charge in [0.15, 0.2) is 0 Å². The predicted molar refractivity (Wildman–Crippen MR) is 81.4 cm³/mol. The number of nitrogens with zero attached hydrogens (tertiary/aromatic N) is 5. The summed E-state index contributed by atoms with van der Waals surface area (Å²) in [5.41, 5.74) is 1.76. The summed E-state index contributed by atoms with van der Waals surface area (Å²) < 4.78 is 1.63. The first-order valence-corrected chi connectivity index (χ1v) is 6.80. The zero-order valence-corrected chi connectivity index (χ0v) is 12.5. The fraction of sp³-hybridized carbons (Fsp3) is 0.0769. The molecule has 8 heteroatoms. The third kappa shape index (κ3) is 3.12. The molecule has 0 spiro atoms. The molecule has 2 aromatic heterocycles. The van der Waals surface area contributed by atoms with Crippen molar-refractivity contribution in [3.8, 4) is 5.95 Å². The van der Waals surface area contributed by atoms with Crippen molar-refractivity contribution in [1.82, 2.24) is 24.5 Å². The van der Waals surface area contributed by atoms with E-state index >= 15 is 0 Å². The molecule has 3 aromatic rings. The summed E-state index contributed by atoms with van der Waals surface area (Å²) >= 11 is 12.1. The second-order valence-electron chi connectivity index (χ2n) is 4.31. The van der Waals surface area contributed by atoms with E-state index in [0.29, 0.717) is 22.6 Å². The van der Waals surface area contributed by atoms with Crippen LogP contribution in [0.25, 0.3) is 5.95 Å². The Hall–Kier alpha value is -2.18. The highest BCUT2D eigenvalue weighted by Gasteiger charge is 2.08. The molecular formula is C13H10Cl2N6. The largest absolute Gasteiger partial charge is 0.323 e. The van der Waals surface area contributed by atoms with Crippen LogP contribution in [0.5, 0.6) is 0 Å². The molecule has 0 atom stereocenters. The normalized spacial score (nSPS) is 10.6. The lowest BCUT2D eigenvalue weighted by Crippen LogP contribution is -2.05. The van der Waals surface area contributed by atoms with Gasteiger partial charge in [-0.25, -0.2) is 4.98 Å². The van der Waals surface area contributed by atoms with E-state index in [-0.39, 0.29) is 5.28 Å². The molecule has 0 saturated carbocycles. The molecule has 0 fully saturated rings. The minimum absolute atomic E-state index is 0.0828. The maximum absolute atomic E-state index is 6.18. The molecule has 1 N–H and O–H groups in total. The van der Waals surface area contributed by atoms with Crippen LogP contribution in [0, 0.1) is 6.92 Å². The molecule has 0 amide bonds. The maximum atomic E-state index is 6.18. The topological polar surface area (TPSA) is 68.5 Å². The van der Waals surface area contributed by atoms with Crippen LogP contribution < -0.4 is 5.32 Å². The van der Waals surface area contributed by atoms with Gasteiger partial charge < -0.3 is 5.32 Å². The van der Waals surface area contributed by atoms with Gasteiger partial charge in [-0.2, -0.15) is 15.0 Å². The average Bonchev–Trinajstić information content (AvgIpc) is 2.95. The molecule has 0 aliphatic rings. The highest BCUT2D eigenvalue weighted by Crippen LogP contribution is 2.25. The van der Waals surface area contributed by atoms with Crippen molar-refractivity contribution in [2.75, 3.05) is 5.32 Å². The summed E-state index contributed by atoms with van der Waals surface area (Å²) in [5.74, 6) is 0.683. The van der Waals surface area contributed by atoms with Crippen molar-refractivity contribution in [3.63, 3.8) is 0 Å². The van der Waals surface area contributed by atoms with Crippen molar-refractivity contribution in [3.05, 3.63) is 52.8 Å². The summed E-state index contributed by atoms with van der Waals surface area (Å²) in [6, 6.07) is 5.64. The van der Waals surface area contributed by atoms with Crippen LogP contribution in [-0.4, -0.2) is 24.5 Å². The van der Waals surface area contributed by atoms with E-state index in [1.54, 1.807) is 23.3 Å². The van der Waals surface area contributed by atoms with Gasteiger partial charge in [0.2, 0.25) is 17.2 Å². The lowest BCUT2D eigenvalue weighted by Gasteiger charge is -2.09. The molecule has 2 heterocycles. The fourth-order valence-electron chi connectivity index (χ4n) is 1.73. The molecule has 0 bridgehead atoms. The van der Waals surface area contributed by atoms with Crippen LogP contribution >= 0.6 is 23.2 Å². The molecule has 6 nitrogen and oxygen atoms in total. The molecule has 1 aromatic carbocycles. The Morgan fingerprint density at radius 2 is 2.00 bits per heavy atom. The van der Waals surface area contributed by atoms with Crippen molar-refractivity contribution < 1.29 is 0 Å². The SMILES string of the molecule is Cc1ccc(Nc2nc(Cl)nc(-n3ccnc3)n2)c(Cl)c1. The number of benzene rings is 1. The number of hydrogen-bond acceptors (Lipinski definition) is 5. The molecule has 3 rings (SSSR count). The average molecular weight is 321 g/mol. The molecule has 0 aliphatic heterocycles. The van der Waals surface area contributed by atoms with Crippen LogP contribution in [0.4, 0.5) is 11.6 Å². The Morgan fingerprint density at radius 3 is 2.71 bits per heavy atom. The summed E-state index contributed by atoms with van der Waals surface area (Å²) in [5, 5.41) is 3.69. The molecule has 0 unspecified atom stereocenters. The number of imidazole rings is 1. The van der Waals surface area contributed by atoms with Gasteiger partial charge in [0.1, 0.15) is 6.33 Å². The van der Waals surface area contributed by atoms with Crippen molar-refractivity contribution in [2.45, 2.75) is 6.92 Å². The number of hydrogen-bond donors (Lipinski definition) is 1. The maximum Gasteiger partial charge on any atom is 0.241 e. The van der Waals surface area contributed by atoms with Crippen molar-refractivity contribution in [1.29, 1.82) is 0 Å². The number of anilines is 2. The molecule has 0 radical (unpaired) electrons. The molecule has 21 heavy (non-hydrogen) atoms. The van der Waals surface area contributed by atoms with E-state index in [1.165, 1.54) is 0 Å². The third-order valence-corrected chi connectivity index (χ3v) is 3.18. The van der Waals surface area contributed by atoms with E-state index in [0.717, 1.165) is 5.56 Å². The number of aryl methyl sites for hydroxylation is 1. The summed E-state index contributed by atoms with van der Waals surface area (Å²) in [4.78, 5) is 16.3. The van der Waals surface area contributed by atoms with Gasteiger partial charge in [-0.1, -0.05) is 17.7 Å². The molecular weight excluding hydrogens is 311 g/mol. The first-order chi connectivity index (χ1) is 10.1. The highest BCUT2D eigenvalue weighted by atomic mass is 35.5. The summed E-state index contributed by atoms with van der Waals surface area (Å²) in [7, 11) is 0. The number of halogens is 2. The van der Waals surface area contributed by atoms with Gasteiger partial charge in [-0.15, -0.1) is 0 Å². The van der Waals surface area contributed by atoms with Crippen LogP contribution in [0.1, 0.15) is 5.56 Å². The minimum atomic E-state index is 0.0828. The van der Waals surface area contributed by atoms with E-state index in [2.05, 4.69) is 25.3 Å². The zero-order valence-electron chi connectivity index (χ0n) is 11.0. The van der Waals surface area contributed by atoms with Crippen LogP contribution in [-0.2, 0) is 0 Å². The van der Waals surface area contributed by atoms with E-state index in [9.17, 15) is 0 Å². The second kappa shape index (κ2) is 5.67. The predicted octanol–water partition coefficient (Wildman–Crippen LogP) is 3.42. The van der Waals surface area contributed by atoms with E-state index < -0.39 is 0 Å². The minimum Gasteiger partial charge on any atom is -0.323 e. The monoisotopic (exact) mass is 320 g/mol. The van der Waals surface area contributed by atoms with Crippen LogP contribution in [0.3, 0.4) is 0 Å². The van der Waals surface area contributed by atoms with Gasteiger partial charge >= 0.3 is 0 Å². The summed E-state index contributed by atoms with van der Waals surface area (Å²) in [6.07, 6.45) is 4.92. The van der Waals surface area contributed by atoms with E-state index in [1.807, 2.05) is 25.1 Å². The van der Waals surface area contributed by atoms with Crippen molar-refractivity contribution in [2.24, 2.45) is 0 Å². The second-order valence-corrected chi connectivity index (χ2v) is 5.05. The smallest absolute Gasteiger partial charge is 0.241 e. The molecule has 106 valence electrons. The first kappa shape index (κ1) is 13.8. The van der Waals surface area contributed by atoms with Gasteiger partial charge in [0, 0.05) is 12.4 Å². The first-order valence-electron chi connectivity index (χ1n) is 6.05. The molecule has 0 saturated heterocycles. The zero-order chi connectivity index (χ0) is 14.8. The Kier molecular flexibility index (Phi) is 3.72. The third-order valence-electron chi connectivity index (χ3n) is 2.70. The van der Waals surface area contributed by atoms with Crippen molar-refractivity contribution >= 4 is 34.8 Å². The van der Waals surface area contributed by atoms with Gasteiger partial charge in [0.05, 0.1) is 10.7 Å². The number of aromatic nitrogens is 5. The van der Waals surface area contributed by atoms with Gasteiger partial charge in [0.25, 0.3) is 0 Å². The number of nitrogens with one attached hydrogen (secondary N) is 1. The highest BCUT2D eigenvalue weighted by molar-refractivity contribution is 6.33. The van der Waals surface area contributed by atoms with Crippen LogP contribution in [0.15, 0.2) is 36.9 Å². The van der Waals surface area contributed by atoms with Crippen LogP contribution in [0.2, 0.25) is 10.3 Å². The Morgan fingerprint density at radius 1 is 1.14 bits per heavy atom. The lowest BCUT2D eigenvalue weighted by molar-refractivity contribution is 0.899. The number of rotatable bonds is 3. The Balaban J connectivity index is 1.95. The fourth-order valence-corrected chi connectivity index (χ4v) is 2.17. The lowest BCUT2D eigenvalue weighted by atomic mass is 10.2. The Labute approximate surface area is 130 Å². The van der Waals surface area contributed by atoms with E-state index in [4.69, 9.17) is 23.2 Å². The van der Waals surface area contributed by atoms with Gasteiger partial charge in [-0.05, 0) is 36.2 Å². The molecule has 0 aliphatic carbocycles. The Bertz CT molecular complexity index is 772.